The summed E-state index contributed by atoms with van der Waals surface area (Å²) in [6.45, 7) is 4.57. The molecule has 12 nitrogen and oxygen atoms in total. The summed E-state index contributed by atoms with van der Waals surface area (Å²) >= 11 is 0. The van der Waals surface area contributed by atoms with Gasteiger partial charge in [-0.05, 0) is 86.6 Å². The van der Waals surface area contributed by atoms with E-state index in [0.29, 0.717) is 61.5 Å². The Labute approximate surface area is 304 Å². The van der Waals surface area contributed by atoms with Crippen molar-refractivity contribution in [1.82, 2.24) is 30.0 Å². The number of ether oxygens (including phenoxy) is 2. The van der Waals surface area contributed by atoms with Crippen molar-refractivity contribution in [2.24, 2.45) is 17.8 Å². The Morgan fingerprint density at radius 3 is 2.49 bits per heavy atom. The molecule has 4 aliphatic rings. The fraction of sp³-hybridized carbons (Fsp3) is 0.526. The number of nitrogens with one attached hydrogen (secondary N) is 1. The second-order valence-corrected chi connectivity index (χ2v) is 15.1. The SMILES string of the molecule is CC1CC2CC(C1)C(NC(=O)c1ccc(-c3nn(C4CCOCC4)c4cc(OC5CCN(c6ncccn6)CC5)ccc34)nc1C(F)(F)F)(C(=O)O)C2. The van der Waals surface area contributed by atoms with E-state index >= 15 is 0 Å². The number of aliphatic carboxylic acids is 1. The lowest BCUT2D eigenvalue weighted by molar-refractivity contribution is -0.146. The summed E-state index contributed by atoms with van der Waals surface area (Å²) in [7, 11) is 0. The monoisotopic (exact) mass is 733 g/mol. The minimum absolute atomic E-state index is 0.0477. The van der Waals surface area contributed by atoms with Crippen molar-refractivity contribution in [1.29, 1.82) is 0 Å². The van der Waals surface area contributed by atoms with Gasteiger partial charge in [-0.15, -0.1) is 0 Å². The first-order valence-corrected chi connectivity index (χ1v) is 18.4. The van der Waals surface area contributed by atoms with E-state index in [-0.39, 0.29) is 47.7 Å². The molecule has 5 heterocycles. The van der Waals surface area contributed by atoms with Crippen molar-refractivity contribution in [2.45, 2.75) is 82.2 Å². The van der Waals surface area contributed by atoms with E-state index in [1.807, 2.05) is 17.7 Å². The molecule has 1 aromatic carbocycles. The van der Waals surface area contributed by atoms with E-state index in [1.165, 1.54) is 6.07 Å². The minimum Gasteiger partial charge on any atom is -0.490 e. The van der Waals surface area contributed by atoms with Crippen molar-refractivity contribution in [2.75, 3.05) is 31.2 Å². The number of fused-ring (bicyclic) bond motifs is 3. The zero-order valence-electron chi connectivity index (χ0n) is 29.4. The Morgan fingerprint density at radius 2 is 1.77 bits per heavy atom. The molecule has 2 saturated heterocycles. The van der Waals surface area contributed by atoms with Gasteiger partial charge in [0.1, 0.15) is 23.1 Å². The Morgan fingerprint density at radius 1 is 1.02 bits per heavy atom. The maximum atomic E-state index is 14.7. The highest BCUT2D eigenvalue weighted by molar-refractivity contribution is 6.00. The second-order valence-electron chi connectivity index (χ2n) is 15.1. The molecule has 2 bridgehead atoms. The molecule has 1 amide bonds. The predicted octanol–water partition coefficient (Wildman–Crippen LogP) is 6.32. The van der Waals surface area contributed by atoms with E-state index in [4.69, 9.17) is 14.6 Å². The molecule has 0 radical (unpaired) electrons. The molecule has 8 rings (SSSR count). The van der Waals surface area contributed by atoms with Gasteiger partial charge in [0.05, 0.1) is 22.8 Å². The molecule has 53 heavy (non-hydrogen) atoms. The number of rotatable bonds is 8. The first kappa shape index (κ1) is 35.3. The Bertz CT molecular complexity index is 2000. The summed E-state index contributed by atoms with van der Waals surface area (Å²) in [4.78, 5) is 41.1. The van der Waals surface area contributed by atoms with Crippen molar-refractivity contribution in [3.63, 3.8) is 0 Å². The number of pyridine rings is 1. The maximum absolute atomic E-state index is 14.7. The number of piperidine rings is 1. The molecule has 3 aromatic heterocycles. The lowest BCUT2D eigenvalue weighted by atomic mass is 9.78. The number of amides is 1. The number of carbonyl (C=O) groups is 2. The third-order valence-electron chi connectivity index (χ3n) is 11.5. The summed E-state index contributed by atoms with van der Waals surface area (Å²) in [6, 6.07) is 9.64. The summed E-state index contributed by atoms with van der Waals surface area (Å²) in [5.74, 6) is -0.991. The summed E-state index contributed by atoms with van der Waals surface area (Å²) in [5.41, 5.74) is -2.84. The van der Waals surface area contributed by atoms with Crippen molar-refractivity contribution < 1.29 is 37.3 Å². The molecule has 2 aliphatic carbocycles. The van der Waals surface area contributed by atoms with Gasteiger partial charge >= 0.3 is 12.1 Å². The van der Waals surface area contributed by atoms with E-state index in [1.54, 1.807) is 30.6 Å². The molecule has 2 saturated carbocycles. The van der Waals surface area contributed by atoms with E-state index < -0.39 is 34.8 Å². The van der Waals surface area contributed by atoms with Crippen LogP contribution in [0.25, 0.3) is 22.3 Å². The number of benzene rings is 1. The summed E-state index contributed by atoms with van der Waals surface area (Å²) < 4.78 is 58.0. The number of hydrogen-bond donors (Lipinski definition) is 2. The van der Waals surface area contributed by atoms with Crippen LogP contribution in [0.3, 0.4) is 0 Å². The third kappa shape index (κ3) is 6.79. The van der Waals surface area contributed by atoms with Gasteiger partial charge in [-0.25, -0.2) is 19.7 Å². The van der Waals surface area contributed by atoms with Gasteiger partial charge in [0.15, 0.2) is 5.69 Å². The standard InChI is InChI=1S/C38H42F3N7O5/c1-22-17-23-19-24(18-22)37(21-23,35(50)51)45-34(49)29-5-6-30(44-33(29)38(39,40)41)32-28-4-3-27(20-31(28)48(46-32)25-9-15-52-16-10-25)53-26-7-13-47(14-8-26)36-42-11-2-12-43-36/h2-6,11-12,20,22-26H,7-10,13-19,21H2,1H3,(H,45,49)(H,50,51). The van der Waals surface area contributed by atoms with Crippen LogP contribution in [0.2, 0.25) is 0 Å². The Balaban J connectivity index is 1.10. The van der Waals surface area contributed by atoms with Gasteiger partial charge < -0.3 is 24.8 Å². The fourth-order valence-electron chi connectivity index (χ4n) is 9.07. The van der Waals surface area contributed by atoms with Gasteiger partial charge in [0.2, 0.25) is 5.95 Å². The van der Waals surface area contributed by atoms with Gasteiger partial charge in [-0.1, -0.05) is 6.92 Å². The molecule has 15 heteroatoms. The number of carbonyl (C=O) groups excluding carboxylic acids is 1. The van der Waals surface area contributed by atoms with Crippen LogP contribution in [0.4, 0.5) is 19.1 Å². The van der Waals surface area contributed by atoms with Crippen LogP contribution in [-0.4, -0.2) is 79.7 Å². The smallest absolute Gasteiger partial charge is 0.434 e. The van der Waals surface area contributed by atoms with E-state index in [0.717, 1.165) is 38.4 Å². The van der Waals surface area contributed by atoms with Gasteiger partial charge in [0, 0.05) is 63.0 Å². The third-order valence-corrected chi connectivity index (χ3v) is 11.5. The van der Waals surface area contributed by atoms with Crippen LogP contribution >= 0.6 is 0 Å². The van der Waals surface area contributed by atoms with Gasteiger partial charge in [-0.3, -0.25) is 9.48 Å². The molecule has 4 aromatic rings. The largest absolute Gasteiger partial charge is 0.490 e. The van der Waals surface area contributed by atoms with Crippen molar-refractivity contribution >= 4 is 28.7 Å². The van der Waals surface area contributed by atoms with Crippen LogP contribution < -0.4 is 15.0 Å². The Hall–Kier alpha value is -4.79. The van der Waals surface area contributed by atoms with Crippen LogP contribution in [0.1, 0.15) is 80.4 Å². The number of anilines is 1. The van der Waals surface area contributed by atoms with Crippen molar-refractivity contribution in [3.8, 4) is 17.1 Å². The summed E-state index contributed by atoms with van der Waals surface area (Å²) in [6.07, 6.45) is 3.50. The zero-order chi connectivity index (χ0) is 36.9. The molecule has 280 valence electrons. The molecule has 2 aliphatic heterocycles. The molecule has 4 atom stereocenters. The minimum atomic E-state index is -5.00. The van der Waals surface area contributed by atoms with Crippen LogP contribution in [0, 0.1) is 17.8 Å². The highest BCUT2D eigenvalue weighted by atomic mass is 19.4. The van der Waals surface area contributed by atoms with Crippen LogP contribution in [0.15, 0.2) is 48.8 Å². The molecule has 4 unspecified atom stereocenters. The number of hydrogen-bond acceptors (Lipinski definition) is 9. The number of halogens is 3. The van der Waals surface area contributed by atoms with E-state index in [9.17, 15) is 27.9 Å². The van der Waals surface area contributed by atoms with Gasteiger partial charge in [0.25, 0.3) is 5.91 Å². The molecule has 4 fully saturated rings. The number of alkyl halides is 3. The Kier molecular flexibility index (Phi) is 9.23. The van der Waals surface area contributed by atoms with Crippen LogP contribution in [0.5, 0.6) is 5.75 Å². The lowest BCUT2D eigenvalue weighted by Gasteiger charge is -2.33. The van der Waals surface area contributed by atoms with Crippen LogP contribution in [-0.2, 0) is 15.7 Å². The average Bonchev–Trinajstić information content (AvgIpc) is 3.66. The molecule has 0 spiro atoms. The quantitative estimate of drug-likeness (QED) is 0.211. The normalized spacial score (nSPS) is 25.4. The first-order valence-electron chi connectivity index (χ1n) is 18.4. The predicted molar refractivity (Wildman–Crippen MR) is 187 cm³/mol. The maximum Gasteiger partial charge on any atom is 0.434 e. The number of nitrogens with zero attached hydrogens (tertiary/aromatic N) is 6. The lowest BCUT2D eigenvalue weighted by Crippen LogP contribution is -2.57. The topological polar surface area (TPSA) is 145 Å². The first-order chi connectivity index (χ1) is 25.5. The average molecular weight is 734 g/mol. The molecular formula is C38H42F3N7O5. The fourth-order valence-corrected chi connectivity index (χ4v) is 9.07. The summed E-state index contributed by atoms with van der Waals surface area (Å²) in [5, 5.41) is 18.3. The number of aromatic nitrogens is 5. The second kappa shape index (κ2) is 13.9. The molecule has 2 N–H and O–H groups in total. The number of carboxylic acids is 1. The highest BCUT2D eigenvalue weighted by Crippen LogP contribution is 2.51. The number of carboxylic acid groups (broad SMARTS) is 1. The zero-order valence-corrected chi connectivity index (χ0v) is 29.4. The van der Waals surface area contributed by atoms with E-state index in [2.05, 4.69) is 25.2 Å². The highest BCUT2D eigenvalue weighted by Gasteiger charge is 2.56. The molecular weight excluding hydrogens is 691 g/mol. The van der Waals surface area contributed by atoms with Crippen molar-refractivity contribution in [3.05, 3.63) is 60.0 Å². The van der Waals surface area contributed by atoms with Gasteiger partial charge in [-0.2, -0.15) is 18.3 Å².